The molecule has 158 valence electrons. The summed E-state index contributed by atoms with van der Waals surface area (Å²) in [7, 11) is 0. The van der Waals surface area contributed by atoms with Crippen LogP contribution in [-0.4, -0.2) is 25.4 Å². The Labute approximate surface area is 187 Å². The molecule has 0 aliphatic heterocycles. The van der Waals surface area contributed by atoms with E-state index in [0.29, 0.717) is 23.3 Å². The number of aryl methyl sites for hydroxylation is 2. The van der Waals surface area contributed by atoms with E-state index in [1.807, 2.05) is 30.3 Å². The molecule has 1 amide bonds. The van der Waals surface area contributed by atoms with Gasteiger partial charge in [0.1, 0.15) is 16.8 Å². The van der Waals surface area contributed by atoms with Crippen molar-refractivity contribution in [3.05, 3.63) is 93.0 Å². The number of halogens is 1. The van der Waals surface area contributed by atoms with Crippen LogP contribution in [0.5, 0.6) is 0 Å². The van der Waals surface area contributed by atoms with Crippen LogP contribution in [0, 0.1) is 0 Å². The summed E-state index contributed by atoms with van der Waals surface area (Å²) in [5.41, 5.74) is 3.29. The molecule has 0 atom stereocenters. The molecule has 7 nitrogen and oxygen atoms in total. The Morgan fingerprint density at radius 1 is 1.13 bits per heavy atom. The predicted molar refractivity (Wildman–Crippen MR) is 123 cm³/mol. The van der Waals surface area contributed by atoms with Crippen molar-refractivity contribution in [2.24, 2.45) is 0 Å². The molecule has 1 aromatic carbocycles. The topological polar surface area (TPSA) is 92.7 Å². The third-order valence-corrected chi connectivity index (χ3v) is 5.69. The summed E-state index contributed by atoms with van der Waals surface area (Å²) >= 11 is 3.34. The minimum absolute atomic E-state index is 0.0740. The lowest BCUT2D eigenvalue weighted by Crippen LogP contribution is -2.34. The van der Waals surface area contributed by atoms with Gasteiger partial charge in [0.15, 0.2) is 0 Å². The number of rotatable bonds is 8. The minimum Gasteiger partial charge on any atom is -0.357 e. The van der Waals surface area contributed by atoms with E-state index in [9.17, 15) is 9.59 Å². The summed E-state index contributed by atoms with van der Waals surface area (Å²) in [5, 5.41) is 3.84. The van der Waals surface area contributed by atoms with E-state index in [-0.39, 0.29) is 18.0 Å². The molecule has 31 heavy (non-hydrogen) atoms. The predicted octanol–water partition coefficient (Wildman–Crippen LogP) is 3.37. The first-order valence-electron chi connectivity index (χ1n) is 10.1. The summed E-state index contributed by atoms with van der Waals surface area (Å²) < 4.78 is 1.89. The maximum atomic E-state index is 12.8. The highest BCUT2D eigenvalue weighted by Crippen LogP contribution is 2.13. The normalized spacial score (nSPS) is 11.0. The number of aromatic nitrogens is 4. The van der Waals surface area contributed by atoms with E-state index >= 15 is 0 Å². The fourth-order valence-corrected chi connectivity index (χ4v) is 3.84. The van der Waals surface area contributed by atoms with Gasteiger partial charge in [-0.25, -0.2) is 0 Å². The zero-order valence-corrected chi connectivity index (χ0v) is 18.4. The number of H-pyrrole nitrogens is 1. The van der Waals surface area contributed by atoms with Gasteiger partial charge in [-0.05, 0) is 52.9 Å². The second-order valence-electron chi connectivity index (χ2n) is 7.29. The van der Waals surface area contributed by atoms with Crippen molar-refractivity contribution in [3.63, 3.8) is 0 Å². The molecule has 4 rings (SSSR count). The molecule has 0 saturated carbocycles. The molecular formula is C23H22BrN5O2. The van der Waals surface area contributed by atoms with Crippen LogP contribution in [0.25, 0.3) is 10.9 Å². The van der Waals surface area contributed by atoms with Crippen LogP contribution in [-0.2, 0) is 30.7 Å². The quantitative estimate of drug-likeness (QED) is 0.405. The van der Waals surface area contributed by atoms with Crippen LogP contribution in [0.2, 0.25) is 0 Å². The van der Waals surface area contributed by atoms with E-state index in [2.05, 4.69) is 48.3 Å². The van der Waals surface area contributed by atoms with Crippen LogP contribution >= 0.6 is 15.9 Å². The number of pyridine rings is 1. The number of carbonyl (C=O) groups excluding carboxylic acids is 1. The van der Waals surface area contributed by atoms with Crippen molar-refractivity contribution in [2.75, 3.05) is 0 Å². The maximum Gasteiger partial charge on any atom is 0.273 e. The molecule has 0 bridgehead atoms. The van der Waals surface area contributed by atoms with Crippen LogP contribution in [0.15, 0.2) is 70.5 Å². The second-order valence-corrected chi connectivity index (χ2v) is 8.10. The number of fused-ring (bicyclic) bond motifs is 1. The number of nitrogens with one attached hydrogen (secondary N) is 2. The Morgan fingerprint density at radius 2 is 1.97 bits per heavy atom. The number of nitrogens with zero attached hydrogens (tertiary/aromatic N) is 3. The van der Waals surface area contributed by atoms with E-state index in [0.717, 1.165) is 29.4 Å². The van der Waals surface area contributed by atoms with Crippen molar-refractivity contribution in [1.29, 1.82) is 0 Å². The Balaban J connectivity index is 1.37. The average Bonchev–Trinajstić information content (AvgIpc) is 3.20. The molecular weight excluding hydrogens is 458 g/mol. The van der Waals surface area contributed by atoms with Crippen LogP contribution < -0.4 is 10.9 Å². The molecule has 2 N–H and O–H groups in total. The fourth-order valence-electron chi connectivity index (χ4n) is 3.45. The van der Waals surface area contributed by atoms with Gasteiger partial charge in [0, 0.05) is 29.0 Å². The summed E-state index contributed by atoms with van der Waals surface area (Å²) in [6.45, 7) is 0.268. The van der Waals surface area contributed by atoms with Gasteiger partial charge in [-0.1, -0.05) is 30.3 Å². The Morgan fingerprint density at radius 3 is 2.77 bits per heavy atom. The van der Waals surface area contributed by atoms with Crippen molar-refractivity contribution in [1.82, 2.24) is 24.8 Å². The van der Waals surface area contributed by atoms with Gasteiger partial charge in [-0.2, -0.15) is 0 Å². The first-order valence-corrected chi connectivity index (χ1v) is 10.9. The van der Waals surface area contributed by atoms with Gasteiger partial charge in [-0.15, -0.1) is 0 Å². The van der Waals surface area contributed by atoms with Gasteiger partial charge in [0.05, 0.1) is 12.7 Å². The molecule has 4 aromatic rings. The molecule has 0 aliphatic carbocycles. The Bertz CT molecular complexity index is 1220. The summed E-state index contributed by atoms with van der Waals surface area (Å²) in [6.07, 6.45) is 7.31. The van der Waals surface area contributed by atoms with E-state index in [1.165, 1.54) is 10.1 Å². The highest BCUT2D eigenvalue weighted by molar-refractivity contribution is 9.10. The number of benzene rings is 1. The van der Waals surface area contributed by atoms with Gasteiger partial charge < -0.3 is 10.3 Å². The number of aromatic amines is 1. The van der Waals surface area contributed by atoms with Crippen LogP contribution in [0.1, 0.15) is 23.4 Å². The first kappa shape index (κ1) is 21.0. The van der Waals surface area contributed by atoms with E-state index < -0.39 is 0 Å². The summed E-state index contributed by atoms with van der Waals surface area (Å²) in [4.78, 5) is 36.9. The Hall–Kier alpha value is -3.26. The van der Waals surface area contributed by atoms with Crippen LogP contribution in [0.3, 0.4) is 0 Å². The van der Waals surface area contributed by atoms with Crippen molar-refractivity contribution >= 4 is 32.7 Å². The molecule has 0 unspecified atom stereocenters. The second kappa shape index (κ2) is 9.70. The van der Waals surface area contributed by atoms with Crippen molar-refractivity contribution in [2.45, 2.75) is 32.4 Å². The van der Waals surface area contributed by atoms with Crippen molar-refractivity contribution < 1.29 is 4.79 Å². The molecule has 8 heteroatoms. The smallest absolute Gasteiger partial charge is 0.273 e. The van der Waals surface area contributed by atoms with Gasteiger partial charge >= 0.3 is 0 Å². The zero-order valence-electron chi connectivity index (χ0n) is 16.8. The molecule has 3 aromatic heterocycles. The summed E-state index contributed by atoms with van der Waals surface area (Å²) in [6, 6.07) is 14.0. The highest BCUT2D eigenvalue weighted by atomic mass is 79.9. The largest absolute Gasteiger partial charge is 0.357 e. The summed E-state index contributed by atoms with van der Waals surface area (Å²) in [5.74, 6) is -0.249. The molecule has 0 aliphatic rings. The third kappa shape index (κ3) is 5.27. The van der Waals surface area contributed by atoms with Gasteiger partial charge in [-0.3, -0.25) is 24.1 Å². The molecule has 3 heterocycles. The molecule has 0 fully saturated rings. The van der Waals surface area contributed by atoms with Crippen LogP contribution in [0.4, 0.5) is 0 Å². The number of hydrogen-bond donors (Lipinski definition) is 2. The molecule has 0 spiro atoms. The third-order valence-electron chi connectivity index (χ3n) is 5.05. The molecule has 0 saturated heterocycles. The maximum absolute atomic E-state index is 12.8. The standard InChI is InChI=1S/C23H22BrN5O2/c24-21-14-26-20(8-4-7-16-5-2-1-3-6-16)23(31)29(21)15-22(30)27-13-18-11-17-12-25-10-9-19(17)28-18/h1-3,5-6,9-12,14,28H,4,7-8,13,15H2,(H,27,30). The SMILES string of the molecule is O=C(Cn1c(Br)cnc(CCCc2ccccc2)c1=O)NCc1cc2cnccc2[nH]1. The van der Waals surface area contributed by atoms with E-state index in [1.54, 1.807) is 18.6 Å². The lowest BCUT2D eigenvalue weighted by Gasteiger charge is -2.10. The molecule has 0 radical (unpaired) electrons. The lowest BCUT2D eigenvalue weighted by molar-refractivity contribution is -0.121. The van der Waals surface area contributed by atoms with Gasteiger partial charge in [0.25, 0.3) is 5.56 Å². The van der Waals surface area contributed by atoms with Gasteiger partial charge in [0.2, 0.25) is 5.91 Å². The number of hydrogen-bond acceptors (Lipinski definition) is 4. The lowest BCUT2D eigenvalue weighted by atomic mass is 10.1. The van der Waals surface area contributed by atoms with E-state index in [4.69, 9.17) is 0 Å². The monoisotopic (exact) mass is 479 g/mol. The number of amides is 1. The average molecular weight is 480 g/mol. The number of carbonyl (C=O) groups is 1. The highest BCUT2D eigenvalue weighted by Gasteiger charge is 2.13. The first-order chi connectivity index (χ1) is 15.1. The fraction of sp³-hybridized carbons (Fsp3) is 0.217. The zero-order chi connectivity index (χ0) is 21.6. The Kier molecular flexibility index (Phi) is 6.57. The van der Waals surface area contributed by atoms with Crippen molar-refractivity contribution in [3.8, 4) is 0 Å². The minimum atomic E-state index is -0.249.